The SMILES string of the molecule is O=C(O)c1ccc(C(=O)Nc2cccc(CS(=O)(=O)C3CCCCC3)c2)o1. The van der Waals surface area contributed by atoms with Crippen molar-refractivity contribution in [2.45, 2.75) is 43.1 Å². The van der Waals surface area contributed by atoms with Crippen molar-refractivity contribution >= 4 is 27.4 Å². The highest BCUT2D eigenvalue weighted by atomic mass is 32.2. The molecule has 1 aromatic carbocycles. The van der Waals surface area contributed by atoms with Crippen LogP contribution in [-0.2, 0) is 15.6 Å². The number of carbonyl (C=O) groups excluding carboxylic acids is 1. The van der Waals surface area contributed by atoms with Crippen LogP contribution < -0.4 is 5.32 Å². The average molecular weight is 391 g/mol. The molecular weight excluding hydrogens is 370 g/mol. The van der Waals surface area contributed by atoms with Gasteiger partial charge in [0.05, 0.1) is 11.0 Å². The van der Waals surface area contributed by atoms with Crippen molar-refractivity contribution in [2.75, 3.05) is 5.32 Å². The molecule has 1 aromatic heterocycles. The molecule has 1 aliphatic carbocycles. The molecule has 1 saturated carbocycles. The van der Waals surface area contributed by atoms with Gasteiger partial charge in [-0.05, 0) is 42.7 Å². The molecule has 0 unspecified atom stereocenters. The van der Waals surface area contributed by atoms with Gasteiger partial charge in [-0.2, -0.15) is 0 Å². The Bertz CT molecular complexity index is 941. The first-order valence-corrected chi connectivity index (χ1v) is 10.5. The van der Waals surface area contributed by atoms with Crippen LogP contribution in [0.4, 0.5) is 5.69 Å². The predicted molar refractivity (Wildman–Crippen MR) is 99.6 cm³/mol. The van der Waals surface area contributed by atoms with Crippen molar-refractivity contribution in [1.29, 1.82) is 0 Å². The third kappa shape index (κ3) is 4.77. The van der Waals surface area contributed by atoms with Gasteiger partial charge < -0.3 is 14.8 Å². The Labute approximate surface area is 157 Å². The van der Waals surface area contributed by atoms with E-state index >= 15 is 0 Å². The number of aromatic carboxylic acids is 1. The molecule has 0 atom stereocenters. The third-order valence-corrected chi connectivity index (χ3v) is 6.88. The minimum atomic E-state index is -3.24. The fraction of sp³-hybridized carbons (Fsp3) is 0.368. The van der Waals surface area contributed by atoms with E-state index in [4.69, 9.17) is 9.52 Å². The van der Waals surface area contributed by atoms with Crippen LogP contribution in [0.2, 0.25) is 0 Å². The lowest BCUT2D eigenvalue weighted by Gasteiger charge is -2.21. The van der Waals surface area contributed by atoms with E-state index in [1.54, 1.807) is 24.3 Å². The molecule has 144 valence electrons. The molecule has 0 spiro atoms. The number of hydrogen-bond donors (Lipinski definition) is 2. The summed E-state index contributed by atoms with van der Waals surface area (Å²) in [6.45, 7) is 0. The van der Waals surface area contributed by atoms with Crippen LogP contribution in [0.3, 0.4) is 0 Å². The van der Waals surface area contributed by atoms with Crippen molar-refractivity contribution in [1.82, 2.24) is 0 Å². The number of nitrogens with one attached hydrogen (secondary N) is 1. The van der Waals surface area contributed by atoms with Crippen LogP contribution in [0, 0.1) is 0 Å². The Morgan fingerprint density at radius 2 is 1.78 bits per heavy atom. The Hall–Kier alpha value is -2.61. The molecule has 1 heterocycles. The molecule has 1 aliphatic rings. The first-order valence-electron chi connectivity index (χ1n) is 8.80. The molecule has 0 bridgehead atoms. The number of benzene rings is 1. The lowest BCUT2D eigenvalue weighted by molar-refractivity contribution is 0.0660. The van der Waals surface area contributed by atoms with Crippen LogP contribution in [0.1, 0.15) is 58.8 Å². The predicted octanol–water partition coefficient (Wildman–Crippen LogP) is 3.48. The molecule has 0 radical (unpaired) electrons. The van der Waals surface area contributed by atoms with E-state index in [0.717, 1.165) is 19.3 Å². The van der Waals surface area contributed by atoms with Gasteiger partial charge in [-0.1, -0.05) is 31.4 Å². The fourth-order valence-electron chi connectivity index (χ4n) is 3.28. The highest BCUT2D eigenvalue weighted by Gasteiger charge is 2.27. The normalized spacial score (nSPS) is 15.4. The maximum atomic E-state index is 12.6. The van der Waals surface area contributed by atoms with E-state index in [2.05, 4.69) is 5.32 Å². The van der Waals surface area contributed by atoms with Crippen LogP contribution >= 0.6 is 0 Å². The summed E-state index contributed by atoms with van der Waals surface area (Å²) in [4.78, 5) is 23.0. The number of rotatable bonds is 6. The monoisotopic (exact) mass is 391 g/mol. The fourth-order valence-corrected chi connectivity index (χ4v) is 5.21. The van der Waals surface area contributed by atoms with Crippen molar-refractivity contribution in [2.24, 2.45) is 0 Å². The van der Waals surface area contributed by atoms with Gasteiger partial charge >= 0.3 is 5.97 Å². The molecule has 0 saturated heterocycles. The zero-order chi connectivity index (χ0) is 19.4. The molecule has 2 N–H and O–H groups in total. The van der Waals surface area contributed by atoms with Gasteiger partial charge in [0.15, 0.2) is 15.6 Å². The molecule has 3 rings (SSSR count). The lowest BCUT2D eigenvalue weighted by Crippen LogP contribution is -2.25. The Morgan fingerprint density at radius 3 is 2.44 bits per heavy atom. The van der Waals surface area contributed by atoms with Crippen molar-refractivity contribution in [3.8, 4) is 0 Å². The second-order valence-corrected chi connectivity index (χ2v) is 8.97. The summed E-state index contributed by atoms with van der Waals surface area (Å²) in [5.74, 6) is -2.38. The molecule has 8 heteroatoms. The number of furan rings is 1. The van der Waals surface area contributed by atoms with E-state index < -0.39 is 21.7 Å². The molecule has 0 aliphatic heterocycles. The van der Waals surface area contributed by atoms with Gasteiger partial charge in [-0.3, -0.25) is 4.79 Å². The first kappa shape index (κ1) is 19.2. The number of amides is 1. The van der Waals surface area contributed by atoms with Gasteiger partial charge in [0.1, 0.15) is 0 Å². The summed E-state index contributed by atoms with van der Waals surface area (Å²) >= 11 is 0. The zero-order valence-electron chi connectivity index (χ0n) is 14.7. The van der Waals surface area contributed by atoms with E-state index in [9.17, 15) is 18.0 Å². The van der Waals surface area contributed by atoms with Gasteiger partial charge in [-0.25, -0.2) is 13.2 Å². The second kappa shape index (κ2) is 7.96. The van der Waals surface area contributed by atoms with Crippen molar-refractivity contribution in [3.05, 3.63) is 53.5 Å². The average Bonchev–Trinajstić information content (AvgIpc) is 3.13. The highest BCUT2D eigenvalue weighted by molar-refractivity contribution is 7.91. The van der Waals surface area contributed by atoms with Gasteiger partial charge in [0.2, 0.25) is 5.76 Å². The number of hydrogen-bond acceptors (Lipinski definition) is 5. The Morgan fingerprint density at radius 1 is 1.07 bits per heavy atom. The Kier molecular flexibility index (Phi) is 5.65. The van der Waals surface area contributed by atoms with Crippen LogP contribution in [0.15, 0.2) is 40.8 Å². The first-order chi connectivity index (χ1) is 12.8. The number of carboxylic acid groups (broad SMARTS) is 1. The molecule has 1 amide bonds. The van der Waals surface area contributed by atoms with Crippen molar-refractivity contribution < 1.29 is 27.5 Å². The summed E-state index contributed by atoms with van der Waals surface area (Å²) in [5, 5.41) is 11.1. The quantitative estimate of drug-likeness (QED) is 0.779. The van der Waals surface area contributed by atoms with Crippen molar-refractivity contribution in [3.63, 3.8) is 0 Å². The molecule has 1 fully saturated rings. The number of carbonyl (C=O) groups is 2. The minimum absolute atomic E-state index is 0.0642. The van der Waals surface area contributed by atoms with Crippen LogP contribution in [0.25, 0.3) is 0 Å². The topological polar surface area (TPSA) is 114 Å². The number of anilines is 1. The zero-order valence-corrected chi connectivity index (χ0v) is 15.5. The third-order valence-electron chi connectivity index (χ3n) is 4.65. The maximum Gasteiger partial charge on any atom is 0.371 e. The summed E-state index contributed by atoms with van der Waals surface area (Å²) in [5.41, 5.74) is 1.02. The molecule has 7 nitrogen and oxygen atoms in total. The molecular formula is C19H21NO6S. The second-order valence-electron chi connectivity index (χ2n) is 6.69. The molecule has 2 aromatic rings. The summed E-state index contributed by atoms with van der Waals surface area (Å²) in [7, 11) is -3.24. The van der Waals surface area contributed by atoms with Gasteiger partial charge in [0.25, 0.3) is 5.91 Å². The van der Waals surface area contributed by atoms with E-state index in [-0.39, 0.29) is 22.5 Å². The summed E-state index contributed by atoms with van der Waals surface area (Å²) in [6, 6.07) is 9.10. The standard InChI is InChI=1S/C19H21NO6S/c21-18(16-9-10-17(26-16)19(22)23)20-14-6-4-5-13(11-14)12-27(24,25)15-7-2-1-3-8-15/h4-6,9-11,15H,1-3,7-8,12H2,(H,20,21)(H,22,23). The van der Waals surface area contributed by atoms with Crippen LogP contribution in [-0.4, -0.2) is 30.7 Å². The van der Waals surface area contributed by atoms with Gasteiger partial charge in [-0.15, -0.1) is 0 Å². The Balaban J connectivity index is 1.69. The number of sulfone groups is 1. The minimum Gasteiger partial charge on any atom is -0.475 e. The maximum absolute atomic E-state index is 12.6. The number of carboxylic acids is 1. The summed E-state index contributed by atoms with van der Waals surface area (Å²) < 4.78 is 30.2. The molecule has 27 heavy (non-hydrogen) atoms. The van der Waals surface area contributed by atoms with Gasteiger partial charge in [0, 0.05) is 5.69 Å². The van der Waals surface area contributed by atoms with E-state index in [1.807, 2.05) is 0 Å². The largest absolute Gasteiger partial charge is 0.475 e. The lowest BCUT2D eigenvalue weighted by atomic mass is 10.0. The van der Waals surface area contributed by atoms with E-state index in [0.29, 0.717) is 24.1 Å². The highest BCUT2D eigenvalue weighted by Crippen LogP contribution is 2.26. The summed E-state index contributed by atoms with van der Waals surface area (Å²) in [6.07, 6.45) is 4.40. The van der Waals surface area contributed by atoms with Crippen LogP contribution in [0.5, 0.6) is 0 Å². The van der Waals surface area contributed by atoms with E-state index in [1.165, 1.54) is 12.1 Å². The smallest absolute Gasteiger partial charge is 0.371 e.